The maximum Gasteiger partial charge on any atom is 0.334 e. The lowest BCUT2D eigenvalue weighted by molar-refractivity contribution is -0.197. The number of pyridine rings is 1. The molecule has 178 valence electrons. The van der Waals surface area contributed by atoms with Gasteiger partial charge < -0.3 is 4.84 Å². The van der Waals surface area contributed by atoms with Crippen molar-refractivity contribution >= 4 is 59.0 Å². The number of imide groups is 1. The summed E-state index contributed by atoms with van der Waals surface area (Å²) < 4.78 is 48.7. The molecule has 1 aromatic heterocycles. The van der Waals surface area contributed by atoms with Crippen LogP contribution in [0.3, 0.4) is 0 Å². The zero-order valence-corrected chi connectivity index (χ0v) is 20.6. The van der Waals surface area contributed by atoms with Crippen molar-refractivity contribution in [3.8, 4) is 0 Å². The van der Waals surface area contributed by atoms with E-state index >= 15 is 0 Å². The first-order valence-corrected chi connectivity index (χ1v) is 15.5. The Bertz CT molecular complexity index is 1010. The van der Waals surface area contributed by atoms with E-state index in [1.54, 1.807) is 12.3 Å². The maximum atomic E-state index is 12.2. The number of hydrogen-bond acceptors (Lipinski definition) is 11. The number of carbonyl (C=O) groups is 3. The first kappa shape index (κ1) is 26.6. The molecule has 2 heterocycles. The van der Waals surface area contributed by atoms with Crippen LogP contribution in [0.4, 0.5) is 0 Å². The summed E-state index contributed by atoms with van der Waals surface area (Å²) in [5, 5.41) is 1.17. The summed E-state index contributed by atoms with van der Waals surface area (Å²) in [5.74, 6) is -4.32. The second-order valence-electron chi connectivity index (χ2n) is 7.05. The molecule has 1 aromatic rings. The normalized spacial score (nSPS) is 15.7. The van der Waals surface area contributed by atoms with Gasteiger partial charge in [0.2, 0.25) is 0 Å². The van der Waals surface area contributed by atoms with Crippen LogP contribution in [-0.4, -0.2) is 72.9 Å². The van der Waals surface area contributed by atoms with Crippen molar-refractivity contribution in [3.05, 3.63) is 24.4 Å². The van der Waals surface area contributed by atoms with E-state index in [0.29, 0.717) is 11.5 Å². The molecule has 2 rings (SSSR count). The molecule has 0 bridgehead atoms. The third kappa shape index (κ3) is 9.46. The number of hydroxylamine groups is 2. The van der Waals surface area contributed by atoms with E-state index < -0.39 is 61.1 Å². The zero-order valence-electron chi connectivity index (χ0n) is 17.3. The average molecular weight is 525 g/mol. The standard InChI is InChI=1S/C18H24N2O8S4/c1-14(29-30-15-4-2-3-9-19-15)7-10-31(24,25)12-13-32(26,27)11-8-18(23)28-20-16(21)5-6-17(20)22/h2-4,9,14H,5-8,10-13H2,1H3. The Morgan fingerprint density at radius 3 is 2.28 bits per heavy atom. The van der Waals surface area contributed by atoms with Crippen LogP contribution in [0.25, 0.3) is 0 Å². The van der Waals surface area contributed by atoms with Crippen LogP contribution in [0.15, 0.2) is 29.4 Å². The van der Waals surface area contributed by atoms with Crippen LogP contribution in [-0.2, 0) is 38.9 Å². The minimum Gasteiger partial charge on any atom is -0.330 e. The molecular weight excluding hydrogens is 500 g/mol. The summed E-state index contributed by atoms with van der Waals surface area (Å²) >= 11 is 0. The summed E-state index contributed by atoms with van der Waals surface area (Å²) in [7, 11) is -4.51. The number of sulfone groups is 2. The Hall–Kier alpha value is -1.64. The molecule has 2 amide bonds. The highest BCUT2D eigenvalue weighted by Gasteiger charge is 2.33. The number of amides is 2. The first-order chi connectivity index (χ1) is 15.0. The topological polar surface area (TPSA) is 145 Å². The van der Waals surface area contributed by atoms with Crippen molar-refractivity contribution in [1.82, 2.24) is 10.0 Å². The average Bonchev–Trinajstić information content (AvgIpc) is 3.06. The first-order valence-electron chi connectivity index (χ1n) is 9.69. The summed E-state index contributed by atoms with van der Waals surface area (Å²) in [4.78, 5) is 43.3. The third-order valence-corrected chi connectivity index (χ3v) is 10.7. The van der Waals surface area contributed by atoms with Crippen molar-refractivity contribution < 1.29 is 36.1 Å². The number of aromatic nitrogens is 1. The van der Waals surface area contributed by atoms with Gasteiger partial charge in [0.1, 0.15) is 5.03 Å². The SMILES string of the molecule is CC(CCS(=O)(=O)CCS(=O)(=O)CCC(=O)ON1C(=O)CCC1=O)SSc1ccccn1. The van der Waals surface area contributed by atoms with Gasteiger partial charge in [0.05, 0.1) is 29.4 Å². The van der Waals surface area contributed by atoms with Gasteiger partial charge in [-0.15, -0.1) is 5.06 Å². The van der Waals surface area contributed by atoms with Crippen molar-refractivity contribution in [3.63, 3.8) is 0 Å². The summed E-state index contributed by atoms with van der Waals surface area (Å²) in [6.07, 6.45) is 1.31. The number of hydrogen-bond donors (Lipinski definition) is 0. The molecule has 32 heavy (non-hydrogen) atoms. The second kappa shape index (κ2) is 12.0. The van der Waals surface area contributed by atoms with Gasteiger partial charge in [-0.1, -0.05) is 23.8 Å². The fourth-order valence-electron chi connectivity index (χ4n) is 2.42. The second-order valence-corrected chi connectivity index (χ2v) is 14.3. The monoisotopic (exact) mass is 524 g/mol. The molecule has 10 nitrogen and oxygen atoms in total. The van der Waals surface area contributed by atoms with Gasteiger partial charge in [-0.25, -0.2) is 26.6 Å². The van der Waals surface area contributed by atoms with Gasteiger partial charge in [0, 0.05) is 24.3 Å². The molecule has 0 N–H and O–H groups in total. The van der Waals surface area contributed by atoms with E-state index in [1.165, 1.54) is 21.6 Å². The zero-order chi connectivity index (χ0) is 23.8. The smallest absolute Gasteiger partial charge is 0.330 e. The Labute approximate surface area is 195 Å². The number of rotatable bonds is 13. The van der Waals surface area contributed by atoms with Gasteiger partial charge in [-0.05, 0) is 29.3 Å². The molecule has 0 aliphatic carbocycles. The van der Waals surface area contributed by atoms with Crippen LogP contribution in [0.1, 0.15) is 32.6 Å². The fourth-order valence-corrected chi connectivity index (χ4v) is 8.29. The van der Waals surface area contributed by atoms with E-state index in [0.717, 1.165) is 5.03 Å². The van der Waals surface area contributed by atoms with Crippen LogP contribution in [0.2, 0.25) is 0 Å². The van der Waals surface area contributed by atoms with Gasteiger partial charge >= 0.3 is 5.97 Å². The highest BCUT2D eigenvalue weighted by molar-refractivity contribution is 8.76. The number of nitrogens with zero attached hydrogens (tertiary/aromatic N) is 2. The van der Waals surface area contributed by atoms with Crippen molar-refractivity contribution in [2.45, 2.75) is 42.9 Å². The molecule has 1 fully saturated rings. The molecule has 0 radical (unpaired) electrons. The molecular formula is C18H24N2O8S4. The Morgan fingerprint density at radius 1 is 1.06 bits per heavy atom. The summed E-state index contributed by atoms with van der Waals surface area (Å²) in [6, 6.07) is 5.51. The van der Waals surface area contributed by atoms with E-state index in [4.69, 9.17) is 0 Å². The molecule has 1 aliphatic heterocycles. The molecule has 0 spiro atoms. The molecule has 0 aromatic carbocycles. The van der Waals surface area contributed by atoms with E-state index in [1.807, 2.05) is 19.1 Å². The summed E-state index contributed by atoms with van der Waals surface area (Å²) in [6.45, 7) is 1.88. The third-order valence-electron chi connectivity index (χ3n) is 4.29. The van der Waals surface area contributed by atoms with Crippen LogP contribution in [0.5, 0.6) is 0 Å². The lowest BCUT2D eigenvalue weighted by atomic mass is 10.4. The van der Waals surface area contributed by atoms with Gasteiger partial charge in [0.25, 0.3) is 11.8 Å². The molecule has 1 unspecified atom stereocenters. The highest BCUT2D eigenvalue weighted by Crippen LogP contribution is 2.34. The predicted molar refractivity (Wildman–Crippen MR) is 121 cm³/mol. The lowest BCUT2D eigenvalue weighted by Crippen LogP contribution is -2.33. The van der Waals surface area contributed by atoms with Crippen molar-refractivity contribution in [1.29, 1.82) is 0 Å². The van der Waals surface area contributed by atoms with Gasteiger partial charge in [0.15, 0.2) is 19.7 Å². The minimum absolute atomic E-state index is 0.0131. The summed E-state index contributed by atoms with van der Waals surface area (Å²) in [5.41, 5.74) is 0. The number of carbonyl (C=O) groups excluding carboxylic acids is 3. The maximum absolute atomic E-state index is 12.2. The van der Waals surface area contributed by atoms with Gasteiger partial charge in [-0.2, -0.15) is 0 Å². The minimum atomic E-state index is -3.84. The lowest BCUT2D eigenvalue weighted by Gasteiger charge is -2.12. The van der Waals surface area contributed by atoms with Crippen molar-refractivity contribution in [2.75, 3.05) is 23.0 Å². The Kier molecular flexibility index (Phi) is 9.98. The van der Waals surface area contributed by atoms with Gasteiger partial charge in [-0.3, -0.25) is 9.59 Å². The van der Waals surface area contributed by atoms with Crippen molar-refractivity contribution in [2.24, 2.45) is 0 Å². The predicted octanol–water partition coefficient (Wildman–Crippen LogP) is 1.43. The van der Waals surface area contributed by atoms with E-state index in [9.17, 15) is 31.2 Å². The van der Waals surface area contributed by atoms with Crippen LogP contribution >= 0.6 is 21.6 Å². The van der Waals surface area contributed by atoms with Crippen LogP contribution in [0, 0.1) is 0 Å². The molecule has 1 saturated heterocycles. The largest absolute Gasteiger partial charge is 0.334 e. The highest BCUT2D eigenvalue weighted by atomic mass is 33.1. The fraction of sp³-hybridized carbons (Fsp3) is 0.556. The Balaban J connectivity index is 1.70. The molecule has 1 atom stereocenters. The van der Waals surface area contributed by atoms with Crippen LogP contribution < -0.4 is 0 Å². The Morgan fingerprint density at radius 2 is 1.69 bits per heavy atom. The molecule has 1 aliphatic rings. The quantitative estimate of drug-likeness (QED) is 0.273. The van der Waals surface area contributed by atoms with E-state index in [-0.39, 0.29) is 23.8 Å². The molecule has 0 saturated carbocycles. The van der Waals surface area contributed by atoms with E-state index in [2.05, 4.69) is 9.82 Å². The molecule has 14 heteroatoms.